The third-order valence-corrected chi connectivity index (χ3v) is 5.34. The first kappa shape index (κ1) is 15.0. The van der Waals surface area contributed by atoms with Crippen LogP contribution in [0, 0.1) is 0 Å². The van der Waals surface area contributed by atoms with Crippen LogP contribution in [0.5, 0.6) is 0 Å². The van der Waals surface area contributed by atoms with E-state index in [0.717, 1.165) is 22.5 Å². The molecule has 0 atom stereocenters. The molecule has 0 aliphatic heterocycles. The Balaban J connectivity index is 2.02. The lowest BCUT2D eigenvalue weighted by atomic mass is 10.3. The van der Waals surface area contributed by atoms with Crippen molar-refractivity contribution in [2.75, 3.05) is 6.61 Å². The molecule has 4 nitrogen and oxygen atoms in total. The van der Waals surface area contributed by atoms with Gasteiger partial charge in [0.15, 0.2) is 5.15 Å². The number of halogens is 2. The van der Waals surface area contributed by atoms with Gasteiger partial charge in [-0.2, -0.15) is 5.10 Å². The van der Waals surface area contributed by atoms with Crippen LogP contribution in [0.1, 0.15) is 0 Å². The Labute approximate surface area is 127 Å². The number of fused-ring (bicyclic) bond motifs is 1. The number of hydrogen-bond donors (Lipinski definition) is 0. The molecular formula is C12H17BrClN3OSi. The molecule has 2 heterocycles. The molecule has 19 heavy (non-hydrogen) atoms. The van der Waals surface area contributed by atoms with Gasteiger partial charge < -0.3 is 4.74 Å². The van der Waals surface area contributed by atoms with Gasteiger partial charge in [-0.1, -0.05) is 31.2 Å². The van der Waals surface area contributed by atoms with Gasteiger partial charge in [0.2, 0.25) is 0 Å². The van der Waals surface area contributed by atoms with Gasteiger partial charge in [-0.05, 0) is 22.0 Å². The minimum atomic E-state index is -1.04. The lowest BCUT2D eigenvalue weighted by Crippen LogP contribution is -2.22. The molecular weight excluding hydrogens is 346 g/mol. The van der Waals surface area contributed by atoms with Crippen LogP contribution in [0.3, 0.4) is 0 Å². The third kappa shape index (κ3) is 4.01. The van der Waals surface area contributed by atoms with Gasteiger partial charge in [0.05, 0.1) is 0 Å². The zero-order chi connectivity index (χ0) is 14.0. The number of aromatic nitrogens is 3. The highest BCUT2D eigenvalue weighted by Gasteiger charge is 2.13. The summed E-state index contributed by atoms with van der Waals surface area (Å²) in [7, 11) is -1.04. The molecule has 2 aromatic rings. The van der Waals surface area contributed by atoms with Crippen LogP contribution in [0.4, 0.5) is 0 Å². The molecule has 0 amide bonds. The zero-order valence-electron chi connectivity index (χ0n) is 11.3. The second-order valence-corrected chi connectivity index (χ2v) is 12.5. The Morgan fingerprint density at radius 3 is 2.79 bits per heavy atom. The average Bonchev–Trinajstić information content (AvgIpc) is 2.74. The van der Waals surface area contributed by atoms with Crippen LogP contribution < -0.4 is 0 Å². The molecule has 0 saturated heterocycles. The highest BCUT2D eigenvalue weighted by atomic mass is 79.9. The Kier molecular flexibility index (Phi) is 4.65. The summed E-state index contributed by atoms with van der Waals surface area (Å²) in [6.45, 7) is 8.23. The monoisotopic (exact) mass is 361 g/mol. The lowest BCUT2D eigenvalue weighted by Gasteiger charge is -2.15. The van der Waals surface area contributed by atoms with Crippen LogP contribution in [0.15, 0.2) is 16.9 Å². The van der Waals surface area contributed by atoms with E-state index in [-0.39, 0.29) is 0 Å². The Morgan fingerprint density at radius 1 is 1.42 bits per heavy atom. The Bertz CT molecular complexity index is 543. The normalized spacial score (nSPS) is 12.3. The first-order valence-corrected chi connectivity index (χ1v) is 11.0. The summed E-state index contributed by atoms with van der Waals surface area (Å²) in [5, 5.41) is 5.75. The number of pyridine rings is 1. The highest BCUT2D eigenvalue weighted by molar-refractivity contribution is 9.10. The van der Waals surface area contributed by atoms with Gasteiger partial charge >= 0.3 is 0 Å². The van der Waals surface area contributed by atoms with E-state index < -0.39 is 8.07 Å². The van der Waals surface area contributed by atoms with Gasteiger partial charge in [-0.25, -0.2) is 9.67 Å². The van der Waals surface area contributed by atoms with E-state index in [1.165, 1.54) is 0 Å². The molecule has 0 unspecified atom stereocenters. The van der Waals surface area contributed by atoms with Crippen molar-refractivity contribution in [3.63, 3.8) is 0 Å². The molecule has 2 aromatic heterocycles. The molecule has 0 fully saturated rings. The predicted octanol–water partition coefficient (Wildman–Crippen LogP) is 4.16. The molecule has 0 aliphatic carbocycles. The van der Waals surface area contributed by atoms with E-state index >= 15 is 0 Å². The smallest absolute Gasteiger partial charge is 0.157 e. The van der Waals surface area contributed by atoms with Gasteiger partial charge in [-0.3, -0.25) is 0 Å². The molecule has 0 bridgehead atoms. The maximum absolute atomic E-state index is 6.02. The van der Waals surface area contributed by atoms with Gasteiger partial charge in [0.25, 0.3) is 0 Å². The van der Waals surface area contributed by atoms with E-state index in [1.807, 2.05) is 6.20 Å². The largest absolute Gasteiger partial charge is 0.360 e. The van der Waals surface area contributed by atoms with Crippen molar-refractivity contribution >= 4 is 46.5 Å². The number of rotatable bonds is 5. The number of ether oxygens (including phenoxy) is 1. The predicted molar refractivity (Wildman–Crippen MR) is 84.3 cm³/mol. The molecule has 2 rings (SSSR count). The van der Waals surface area contributed by atoms with E-state index in [2.05, 4.69) is 45.7 Å². The standard InChI is InChI=1S/C12H17BrClN3OSi/c1-19(2,3)5-4-18-8-17-7-9-10(13)6-15-12(14)11(9)16-17/h6-7H,4-5,8H2,1-3H3. The number of nitrogens with zero attached hydrogens (tertiary/aromatic N) is 3. The van der Waals surface area contributed by atoms with Gasteiger partial charge in [-0.15, -0.1) is 0 Å². The van der Waals surface area contributed by atoms with E-state index in [0.29, 0.717) is 17.4 Å². The zero-order valence-corrected chi connectivity index (χ0v) is 14.6. The van der Waals surface area contributed by atoms with Crippen LogP contribution in [-0.2, 0) is 11.5 Å². The van der Waals surface area contributed by atoms with Crippen molar-refractivity contribution < 1.29 is 4.74 Å². The first-order chi connectivity index (χ1) is 8.87. The summed E-state index contributed by atoms with van der Waals surface area (Å²) in [6.07, 6.45) is 3.60. The molecule has 0 aromatic carbocycles. The topological polar surface area (TPSA) is 39.9 Å². The molecule has 0 N–H and O–H groups in total. The maximum atomic E-state index is 6.02. The van der Waals surface area contributed by atoms with Crippen molar-refractivity contribution in [1.29, 1.82) is 0 Å². The minimum Gasteiger partial charge on any atom is -0.360 e. The van der Waals surface area contributed by atoms with E-state index in [9.17, 15) is 0 Å². The summed E-state index contributed by atoms with van der Waals surface area (Å²) in [5.74, 6) is 0. The second kappa shape index (κ2) is 5.91. The SMILES string of the molecule is C[Si](C)(C)CCOCn1cc2c(Br)cnc(Cl)c2n1. The van der Waals surface area contributed by atoms with Crippen LogP contribution in [0.25, 0.3) is 10.9 Å². The van der Waals surface area contributed by atoms with Crippen molar-refractivity contribution in [3.8, 4) is 0 Å². The quantitative estimate of drug-likeness (QED) is 0.455. The van der Waals surface area contributed by atoms with Crippen LogP contribution in [0.2, 0.25) is 30.8 Å². The van der Waals surface area contributed by atoms with E-state index in [1.54, 1.807) is 10.9 Å². The van der Waals surface area contributed by atoms with Crippen molar-refractivity contribution in [2.24, 2.45) is 0 Å². The first-order valence-electron chi connectivity index (χ1n) is 6.12. The summed E-state index contributed by atoms with van der Waals surface area (Å²) >= 11 is 9.46. The molecule has 0 aliphatic rings. The summed E-state index contributed by atoms with van der Waals surface area (Å²) in [5.41, 5.74) is 0.699. The number of hydrogen-bond acceptors (Lipinski definition) is 3. The summed E-state index contributed by atoms with van der Waals surface area (Å²) in [4.78, 5) is 4.06. The molecule has 0 spiro atoms. The van der Waals surface area contributed by atoms with Crippen LogP contribution in [-0.4, -0.2) is 29.4 Å². The fraction of sp³-hybridized carbons (Fsp3) is 0.500. The highest BCUT2D eigenvalue weighted by Crippen LogP contribution is 2.26. The molecule has 0 radical (unpaired) electrons. The summed E-state index contributed by atoms with van der Waals surface area (Å²) < 4.78 is 8.31. The lowest BCUT2D eigenvalue weighted by molar-refractivity contribution is 0.0791. The third-order valence-electron chi connectivity index (χ3n) is 2.73. The minimum absolute atomic E-state index is 0.416. The molecule has 104 valence electrons. The van der Waals surface area contributed by atoms with E-state index in [4.69, 9.17) is 16.3 Å². The average molecular weight is 363 g/mol. The van der Waals surface area contributed by atoms with Crippen molar-refractivity contribution in [3.05, 3.63) is 22.0 Å². The van der Waals surface area contributed by atoms with Gasteiger partial charge in [0.1, 0.15) is 12.2 Å². The Morgan fingerprint density at radius 2 is 2.16 bits per heavy atom. The summed E-state index contributed by atoms with van der Waals surface area (Å²) in [6, 6.07) is 1.15. The fourth-order valence-corrected chi connectivity index (χ4v) is 2.93. The fourth-order valence-electron chi connectivity index (χ4n) is 1.60. The van der Waals surface area contributed by atoms with Crippen LogP contribution >= 0.6 is 27.5 Å². The molecule has 0 saturated carbocycles. The maximum Gasteiger partial charge on any atom is 0.157 e. The Hall–Kier alpha value is -0.433. The second-order valence-electron chi connectivity index (χ2n) is 5.68. The van der Waals surface area contributed by atoms with Crippen molar-refractivity contribution in [1.82, 2.24) is 14.8 Å². The van der Waals surface area contributed by atoms with Crippen molar-refractivity contribution in [2.45, 2.75) is 32.4 Å². The molecule has 7 heteroatoms. The van der Waals surface area contributed by atoms with Gasteiger partial charge in [0, 0.05) is 36.9 Å².